The largest absolute Gasteiger partial charge is 0.494 e. The second-order valence-electron chi connectivity index (χ2n) is 7.08. The predicted octanol–water partition coefficient (Wildman–Crippen LogP) is 3.74. The van der Waals surface area contributed by atoms with Crippen LogP contribution in [0, 0.1) is 6.92 Å². The summed E-state index contributed by atoms with van der Waals surface area (Å²) < 4.78 is 7.49. The zero-order chi connectivity index (χ0) is 20.4. The van der Waals surface area contributed by atoms with Crippen molar-refractivity contribution in [2.75, 3.05) is 18.6 Å². The van der Waals surface area contributed by atoms with Crippen LogP contribution in [0.15, 0.2) is 55.0 Å². The van der Waals surface area contributed by atoms with Crippen molar-refractivity contribution in [3.8, 4) is 11.4 Å². The number of amides is 1. The average Bonchev–Trinajstić information content (AvgIpc) is 3.32. The van der Waals surface area contributed by atoms with Crippen LogP contribution in [-0.2, 0) is 11.3 Å². The van der Waals surface area contributed by atoms with Gasteiger partial charge in [-0.3, -0.25) is 4.79 Å². The molecule has 29 heavy (non-hydrogen) atoms. The van der Waals surface area contributed by atoms with Gasteiger partial charge in [-0.1, -0.05) is 29.8 Å². The highest BCUT2D eigenvalue weighted by molar-refractivity contribution is 6.31. The highest BCUT2D eigenvalue weighted by atomic mass is 35.5. The highest BCUT2D eigenvalue weighted by Gasteiger charge is 2.32. The highest BCUT2D eigenvalue weighted by Crippen LogP contribution is 2.31. The van der Waals surface area contributed by atoms with Crippen LogP contribution in [0.4, 0.5) is 5.69 Å². The van der Waals surface area contributed by atoms with Gasteiger partial charge >= 0.3 is 0 Å². The monoisotopic (exact) mass is 410 g/mol. The normalized spacial score (nSPS) is 16.4. The molecule has 2 aromatic carbocycles. The molecular weight excluding hydrogens is 388 g/mol. The Morgan fingerprint density at radius 3 is 2.83 bits per heavy atom. The maximum atomic E-state index is 12.9. The van der Waals surface area contributed by atoms with Gasteiger partial charge in [-0.2, -0.15) is 0 Å². The van der Waals surface area contributed by atoms with Gasteiger partial charge in [0, 0.05) is 36.1 Å². The molecule has 1 amide bonds. The third-order valence-electron chi connectivity index (χ3n) is 5.17. The summed E-state index contributed by atoms with van der Waals surface area (Å²) in [6, 6.07) is 13.2. The van der Waals surface area contributed by atoms with Crippen LogP contribution < -0.4 is 15.0 Å². The summed E-state index contributed by atoms with van der Waals surface area (Å²) >= 11 is 6.22. The molecule has 0 saturated carbocycles. The van der Waals surface area contributed by atoms with Crippen molar-refractivity contribution < 1.29 is 9.53 Å². The Morgan fingerprint density at radius 1 is 1.28 bits per heavy atom. The quantitative estimate of drug-likeness (QED) is 0.672. The van der Waals surface area contributed by atoms with Crippen molar-refractivity contribution in [2.24, 2.45) is 0 Å². The topological polar surface area (TPSA) is 59.4 Å². The first kappa shape index (κ1) is 19.5. The van der Waals surface area contributed by atoms with Crippen molar-refractivity contribution in [3.63, 3.8) is 0 Å². The number of benzene rings is 2. The number of ether oxygens (including phenoxy) is 1. The molecule has 1 saturated heterocycles. The lowest BCUT2D eigenvalue weighted by atomic mass is 10.2. The molecule has 0 aliphatic carbocycles. The molecular formula is C22H23ClN4O2. The van der Waals surface area contributed by atoms with E-state index in [1.807, 2.05) is 60.2 Å². The van der Waals surface area contributed by atoms with Gasteiger partial charge < -0.3 is 19.5 Å². The number of carbonyl (C=O) groups excluding carboxylic acids is 1. The van der Waals surface area contributed by atoms with Gasteiger partial charge in [0.25, 0.3) is 0 Å². The summed E-state index contributed by atoms with van der Waals surface area (Å²) in [7, 11) is 1.63. The van der Waals surface area contributed by atoms with Crippen molar-refractivity contribution in [1.82, 2.24) is 14.9 Å². The molecule has 1 N–H and O–H groups in total. The standard InChI is InChI=1S/C22H23ClN4O2/c1-15-13-26(14-25-15)20-8-7-17(11-21(20)29-2)27-10-9-19(22(27)28)24-12-16-5-3-4-6-18(16)23/h3-8,11,13-14,19,24H,9-10,12H2,1-2H3. The Morgan fingerprint density at radius 2 is 2.10 bits per heavy atom. The minimum Gasteiger partial charge on any atom is -0.494 e. The smallest absolute Gasteiger partial charge is 0.244 e. The number of halogens is 1. The first-order chi connectivity index (χ1) is 14.1. The number of hydrogen-bond donors (Lipinski definition) is 1. The first-order valence-corrected chi connectivity index (χ1v) is 9.92. The molecule has 0 radical (unpaired) electrons. The van der Waals surface area contributed by atoms with E-state index in [2.05, 4.69) is 10.3 Å². The Bertz CT molecular complexity index is 1030. The minimum atomic E-state index is -0.228. The zero-order valence-electron chi connectivity index (χ0n) is 16.4. The molecule has 7 heteroatoms. The summed E-state index contributed by atoms with van der Waals surface area (Å²) in [6.07, 6.45) is 4.43. The first-order valence-electron chi connectivity index (χ1n) is 9.54. The summed E-state index contributed by atoms with van der Waals surface area (Å²) in [5, 5.41) is 4.04. The fourth-order valence-corrected chi connectivity index (χ4v) is 3.80. The van der Waals surface area contributed by atoms with E-state index in [-0.39, 0.29) is 11.9 Å². The van der Waals surface area contributed by atoms with E-state index in [9.17, 15) is 4.79 Å². The van der Waals surface area contributed by atoms with E-state index < -0.39 is 0 Å². The van der Waals surface area contributed by atoms with E-state index >= 15 is 0 Å². The molecule has 6 nitrogen and oxygen atoms in total. The lowest BCUT2D eigenvalue weighted by Crippen LogP contribution is -2.38. The fraction of sp³-hybridized carbons (Fsp3) is 0.273. The Hall–Kier alpha value is -2.83. The van der Waals surface area contributed by atoms with E-state index in [4.69, 9.17) is 16.3 Å². The molecule has 1 atom stereocenters. The van der Waals surface area contributed by atoms with Crippen LogP contribution in [0.2, 0.25) is 5.02 Å². The summed E-state index contributed by atoms with van der Waals surface area (Å²) in [4.78, 5) is 19.0. The molecule has 0 bridgehead atoms. The summed E-state index contributed by atoms with van der Waals surface area (Å²) in [5.41, 5.74) is 3.63. The van der Waals surface area contributed by atoms with Crippen molar-refractivity contribution in [2.45, 2.75) is 25.9 Å². The van der Waals surface area contributed by atoms with Gasteiger partial charge in [0.2, 0.25) is 5.91 Å². The number of nitrogens with zero attached hydrogens (tertiary/aromatic N) is 3. The van der Waals surface area contributed by atoms with Gasteiger partial charge in [0.1, 0.15) is 5.75 Å². The maximum absolute atomic E-state index is 12.9. The Labute approximate surface area is 175 Å². The number of rotatable bonds is 6. The number of carbonyl (C=O) groups is 1. The van der Waals surface area contributed by atoms with E-state index in [0.29, 0.717) is 23.9 Å². The van der Waals surface area contributed by atoms with Crippen LogP contribution in [0.1, 0.15) is 17.7 Å². The van der Waals surface area contributed by atoms with Crippen LogP contribution in [0.5, 0.6) is 5.75 Å². The van der Waals surface area contributed by atoms with Crippen LogP contribution in [0.25, 0.3) is 5.69 Å². The van der Waals surface area contributed by atoms with E-state index in [1.165, 1.54) is 0 Å². The third-order valence-corrected chi connectivity index (χ3v) is 5.54. The fourth-order valence-electron chi connectivity index (χ4n) is 3.60. The number of anilines is 1. The second kappa shape index (κ2) is 8.27. The second-order valence-corrected chi connectivity index (χ2v) is 7.49. The molecule has 0 spiro atoms. The Balaban J connectivity index is 1.49. The molecule has 2 heterocycles. The molecule has 1 aliphatic heterocycles. The number of aromatic nitrogens is 2. The van der Waals surface area contributed by atoms with E-state index in [1.54, 1.807) is 18.3 Å². The Kier molecular flexibility index (Phi) is 5.56. The molecule has 1 aliphatic rings. The maximum Gasteiger partial charge on any atom is 0.244 e. The molecule has 1 aromatic heterocycles. The van der Waals surface area contributed by atoms with E-state index in [0.717, 1.165) is 29.1 Å². The van der Waals surface area contributed by atoms with Crippen LogP contribution >= 0.6 is 11.6 Å². The number of methoxy groups -OCH3 is 1. The molecule has 4 rings (SSSR count). The third kappa shape index (κ3) is 3.99. The van der Waals surface area contributed by atoms with Gasteiger partial charge in [0.15, 0.2) is 0 Å². The van der Waals surface area contributed by atoms with Crippen molar-refractivity contribution in [3.05, 3.63) is 71.3 Å². The number of hydrogen-bond acceptors (Lipinski definition) is 4. The number of imidazole rings is 1. The van der Waals surface area contributed by atoms with Crippen molar-refractivity contribution >= 4 is 23.2 Å². The predicted molar refractivity (Wildman–Crippen MR) is 114 cm³/mol. The van der Waals surface area contributed by atoms with Crippen LogP contribution in [0.3, 0.4) is 0 Å². The molecule has 1 fully saturated rings. The summed E-state index contributed by atoms with van der Waals surface area (Å²) in [6.45, 7) is 3.16. The minimum absolute atomic E-state index is 0.0605. The summed E-state index contributed by atoms with van der Waals surface area (Å²) in [5.74, 6) is 0.755. The van der Waals surface area contributed by atoms with Gasteiger partial charge in [-0.05, 0) is 37.1 Å². The molecule has 3 aromatic rings. The molecule has 150 valence electrons. The lowest BCUT2D eigenvalue weighted by Gasteiger charge is -2.19. The number of aryl methyl sites for hydroxylation is 1. The lowest BCUT2D eigenvalue weighted by molar-refractivity contribution is -0.118. The molecule has 1 unspecified atom stereocenters. The van der Waals surface area contributed by atoms with Gasteiger partial charge in [0.05, 0.1) is 30.9 Å². The van der Waals surface area contributed by atoms with Gasteiger partial charge in [-0.15, -0.1) is 0 Å². The van der Waals surface area contributed by atoms with Crippen molar-refractivity contribution in [1.29, 1.82) is 0 Å². The van der Waals surface area contributed by atoms with Gasteiger partial charge in [-0.25, -0.2) is 4.98 Å². The average molecular weight is 411 g/mol. The SMILES string of the molecule is COc1cc(N2CCC(NCc3ccccc3Cl)C2=O)ccc1-n1cnc(C)c1. The number of nitrogens with one attached hydrogen (secondary N) is 1. The zero-order valence-corrected chi connectivity index (χ0v) is 17.2. The van der Waals surface area contributed by atoms with Crippen LogP contribution in [-0.4, -0.2) is 35.2 Å².